The molecule has 2 heterocycles. The highest BCUT2D eigenvalue weighted by Gasteiger charge is 2.35. The van der Waals surface area contributed by atoms with Gasteiger partial charge >= 0.3 is 0 Å². The summed E-state index contributed by atoms with van der Waals surface area (Å²) < 4.78 is 11.4. The van der Waals surface area contributed by atoms with Crippen molar-refractivity contribution in [1.82, 2.24) is 0 Å². The number of allylic oxidation sites excluding steroid dienone is 2. The first-order valence-corrected chi connectivity index (χ1v) is 7.84. The zero-order valence-electron chi connectivity index (χ0n) is 14.2. The summed E-state index contributed by atoms with van der Waals surface area (Å²) in [6.07, 6.45) is 6.45. The van der Waals surface area contributed by atoms with Crippen LogP contribution < -0.4 is 0 Å². The Bertz CT molecular complexity index is 727. The first-order chi connectivity index (χ1) is 11.5. The molecule has 24 heavy (non-hydrogen) atoms. The van der Waals surface area contributed by atoms with E-state index in [1.165, 1.54) is 0 Å². The zero-order chi connectivity index (χ0) is 17.7. The molecule has 0 fully saturated rings. The average molecular weight is 324 g/mol. The van der Waals surface area contributed by atoms with Gasteiger partial charge in [0.25, 0.3) is 0 Å². The van der Waals surface area contributed by atoms with Crippen LogP contribution in [0.4, 0.5) is 0 Å². The van der Waals surface area contributed by atoms with Gasteiger partial charge in [-0.15, -0.1) is 0 Å². The number of nitriles is 2. The molecule has 0 N–H and O–H groups in total. The number of hydrogen-bond donors (Lipinski definition) is 0. The Hall–Kier alpha value is -2.86. The smallest absolute Gasteiger partial charge is 0.227 e. The fraction of sp³-hybridized carbons (Fsp3) is 0.444. The lowest BCUT2D eigenvalue weighted by Crippen LogP contribution is -2.35. The Balaban J connectivity index is 2.53. The Kier molecular flexibility index (Phi) is 5.55. The fourth-order valence-electron chi connectivity index (χ4n) is 2.39. The lowest BCUT2D eigenvalue weighted by atomic mass is 9.88. The van der Waals surface area contributed by atoms with Crippen molar-refractivity contribution in [2.75, 3.05) is 0 Å². The lowest BCUT2D eigenvalue weighted by molar-refractivity contribution is 0.210. The van der Waals surface area contributed by atoms with Crippen molar-refractivity contribution in [2.45, 2.75) is 45.9 Å². The molecule has 0 aliphatic carbocycles. The van der Waals surface area contributed by atoms with Gasteiger partial charge in [0.1, 0.15) is 17.7 Å². The molecule has 0 amide bonds. The van der Waals surface area contributed by atoms with Crippen molar-refractivity contribution in [1.29, 1.82) is 10.5 Å². The summed E-state index contributed by atoms with van der Waals surface area (Å²) >= 11 is 0. The lowest BCUT2D eigenvalue weighted by Gasteiger charge is -2.29. The molecule has 0 aromatic heterocycles. The second-order valence-electron chi connectivity index (χ2n) is 5.97. The highest BCUT2D eigenvalue weighted by molar-refractivity contribution is 6.00. The first-order valence-electron chi connectivity index (χ1n) is 7.84. The van der Waals surface area contributed by atoms with E-state index in [9.17, 15) is 10.5 Å². The summed E-state index contributed by atoms with van der Waals surface area (Å²) in [4.78, 5) is 8.85. The predicted molar refractivity (Wildman–Crippen MR) is 91.1 cm³/mol. The third-order valence-corrected chi connectivity index (χ3v) is 3.29. The fourth-order valence-corrected chi connectivity index (χ4v) is 2.39. The highest BCUT2D eigenvalue weighted by Crippen LogP contribution is 2.29. The molecule has 2 rings (SSSR count). The van der Waals surface area contributed by atoms with Crippen LogP contribution in [0.5, 0.6) is 0 Å². The van der Waals surface area contributed by atoms with E-state index in [-0.39, 0.29) is 18.1 Å². The molecule has 124 valence electrons. The van der Waals surface area contributed by atoms with E-state index in [1.54, 1.807) is 24.4 Å². The van der Waals surface area contributed by atoms with Gasteiger partial charge in [0.05, 0.1) is 29.8 Å². The van der Waals surface area contributed by atoms with E-state index in [2.05, 4.69) is 22.1 Å². The van der Waals surface area contributed by atoms with Gasteiger partial charge in [-0.2, -0.15) is 10.5 Å². The first kappa shape index (κ1) is 17.5. The average Bonchev–Trinajstić information content (AvgIpc) is 2.51. The Labute approximate surface area is 142 Å². The van der Waals surface area contributed by atoms with E-state index >= 15 is 0 Å². The van der Waals surface area contributed by atoms with E-state index in [0.29, 0.717) is 17.0 Å². The molecular weight excluding hydrogens is 304 g/mol. The van der Waals surface area contributed by atoms with Gasteiger partial charge < -0.3 is 9.47 Å². The Morgan fingerprint density at radius 1 is 1.08 bits per heavy atom. The SMILES string of the molecule is CC(C)OC1=NC2/C(C#N)=C\C=C/N=C(OC(C)C)C2C=C1C#N. The van der Waals surface area contributed by atoms with Crippen LogP contribution in [0.3, 0.4) is 0 Å². The van der Waals surface area contributed by atoms with Crippen molar-refractivity contribution in [2.24, 2.45) is 15.9 Å². The molecule has 0 aromatic rings. The number of hydrogen-bond acceptors (Lipinski definition) is 6. The molecule has 0 saturated carbocycles. The predicted octanol–water partition coefficient (Wildman–Crippen LogP) is 3.06. The van der Waals surface area contributed by atoms with Crippen LogP contribution >= 0.6 is 0 Å². The van der Waals surface area contributed by atoms with Crippen molar-refractivity contribution >= 4 is 11.8 Å². The molecular formula is C18H20N4O2. The van der Waals surface area contributed by atoms with Crippen molar-refractivity contribution in [3.05, 3.63) is 35.6 Å². The molecule has 6 nitrogen and oxygen atoms in total. The van der Waals surface area contributed by atoms with Gasteiger partial charge in [0.2, 0.25) is 5.90 Å². The third-order valence-electron chi connectivity index (χ3n) is 3.29. The second-order valence-corrected chi connectivity index (χ2v) is 5.97. The highest BCUT2D eigenvalue weighted by atomic mass is 16.5. The standard InChI is InChI=1S/C18H20N4O2/c1-11(2)23-17-14(10-20)8-15-16(22-17)13(9-19)6-5-7-21-18(15)24-12(3)4/h5-8,11-12,15-16H,1-4H3/b7-5-,13-6-,21-18?. The van der Waals surface area contributed by atoms with Crippen molar-refractivity contribution in [3.8, 4) is 12.1 Å². The van der Waals surface area contributed by atoms with Crippen LogP contribution in [0.2, 0.25) is 0 Å². The quantitative estimate of drug-likeness (QED) is 0.780. The molecule has 2 unspecified atom stereocenters. The Morgan fingerprint density at radius 2 is 1.79 bits per heavy atom. The van der Waals surface area contributed by atoms with E-state index in [0.717, 1.165) is 0 Å². The monoisotopic (exact) mass is 324 g/mol. The van der Waals surface area contributed by atoms with Gasteiger partial charge in [-0.25, -0.2) is 9.98 Å². The topological polar surface area (TPSA) is 90.8 Å². The maximum atomic E-state index is 9.48. The minimum atomic E-state index is -0.525. The maximum Gasteiger partial charge on any atom is 0.227 e. The van der Waals surface area contributed by atoms with Crippen LogP contribution in [0.1, 0.15) is 27.7 Å². The van der Waals surface area contributed by atoms with Crippen molar-refractivity contribution < 1.29 is 9.47 Å². The molecule has 2 atom stereocenters. The van der Waals surface area contributed by atoms with Crippen molar-refractivity contribution in [3.63, 3.8) is 0 Å². The van der Waals surface area contributed by atoms with E-state index < -0.39 is 12.0 Å². The van der Waals surface area contributed by atoms with Gasteiger partial charge in [0.15, 0.2) is 5.90 Å². The number of ether oxygens (including phenoxy) is 2. The summed E-state index contributed by atoms with van der Waals surface area (Å²) in [5.74, 6) is 0.271. The molecule has 0 saturated heterocycles. The molecule has 0 radical (unpaired) electrons. The third kappa shape index (κ3) is 3.91. The zero-order valence-corrected chi connectivity index (χ0v) is 14.2. The van der Waals surface area contributed by atoms with Crippen LogP contribution in [0.15, 0.2) is 45.6 Å². The molecule has 0 aromatic carbocycles. The minimum absolute atomic E-state index is 0.0806. The summed E-state index contributed by atoms with van der Waals surface area (Å²) in [6, 6.07) is 3.76. The number of fused-ring (bicyclic) bond motifs is 1. The molecule has 2 aliphatic heterocycles. The van der Waals surface area contributed by atoms with Crippen LogP contribution in [-0.4, -0.2) is 30.0 Å². The number of aliphatic imine (C=N–C) groups is 2. The number of rotatable bonds is 2. The maximum absolute atomic E-state index is 9.48. The largest absolute Gasteiger partial charge is 0.478 e. The summed E-state index contributed by atoms with van der Waals surface area (Å²) in [7, 11) is 0. The molecule has 2 aliphatic rings. The van der Waals surface area contributed by atoms with Gasteiger partial charge in [0, 0.05) is 6.20 Å². The number of dihydropyridines is 1. The summed E-state index contributed by atoms with van der Waals surface area (Å²) in [5, 5.41) is 18.9. The van der Waals surface area contributed by atoms with E-state index in [4.69, 9.17) is 9.47 Å². The van der Waals surface area contributed by atoms with Crippen LogP contribution in [0.25, 0.3) is 0 Å². The molecule has 0 spiro atoms. The van der Waals surface area contributed by atoms with Gasteiger partial charge in [-0.1, -0.05) is 0 Å². The van der Waals surface area contributed by atoms with E-state index in [1.807, 2.05) is 27.7 Å². The number of nitrogens with zero attached hydrogens (tertiary/aromatic N) is 4. The summed E-state index contributed by atoms with van der Waals surface area (Å²) in [5.41, 5.74) is 0.793. The van der Waals surface area contributed by atoms with Crippen LogP contribution in [-0.2, 0) is 9.47 Å². The van der Waals surface area contributed by atoms with Crippen LogP contribution in [0, 0.1) is 28.6 Å². The van der Waals surface area contributed by atoms with Gasteiger partial charge in [-0.3, -0.25) is 0 Å². The van der Waals surface area contributed by atoms with Gasteiger partial charge in [-0.05, 0) is 45.9 Å². The molecule has 6 heteroatoms. The molecule has 0 bridgehead atoms. The Morgan fingerprint density at radius 3 is 2.38 bits per heavy atom. The summed E-state index contributed by atoms with van der Waals surface area (Å²) in [6.45, 7) is 7.52. The normalized spacial score (nSPS) is 26.3. The minimum Gasteiger partial charge on any atom is -0.478 e. The second kappa shape index (κ2) is 7.61.